The summed E-state index contributed by atoms with van der Waals surface area (Å²) in [6.07, 6.45) is 0. The summed E-state index contributed by atoms with van der Waals surface area (Å²) in [7, 11) is 0. The zero-order valence-corrected chi connectivity index (χ0v) is 24.3. The minimum absolute atomic E-state index is 0. The Morgan fingerprint density at radius 1 is 1.00 bits per heavy atom. The van der Waals surface area contributed by atoms with Crippen LogP contribution in [0, 0.1) is 289 Å². The summed E-state index contributed by atoms with van der Waals surface area (Å²) in [6.45, 7) is 0. The van der Waals surface area contributed by atoms with E-state index in [-0.39, 0.29) is 289 Å². The first-order valence-corrected chi connectivity index (χ1v) is 0. The summed E-state index contributed by atoms with van der Waals surface area (Å²) in [5.74, 6) is 0. The van der Waals surface area contributed by atoms with Crippen LogP contribution < -0.4 is 0 Å². The summed E-state index contributed by atoms with van der Waals surface area (Å²) >= 11 is 0. The van der Waals surface area contributed by atoms with Crippen molar-refractivity contribution in [2.45, 2.75) is 0 Å². The van der Waals surface area contributed by atoms with Crippen LogP contribution in [0.3, 0.4) is 0 Å². The van der Waals surface area contributed by atoms with E-state index in [1.54, 1.807) is 0 Å². The van der Waals surface area contributed by atoms with E-state index in [4.69, 9.17) is 0 Å². The third-order valence-electron chi connectivity index (χ3n) is 0. The van der Waals surface area contributed by atoms with Crippen LogP contribution in [0.25, 0.3) is 0 Å². The molecule has 0 aliphatic carbocycles. The molecule has 0 aromatic heterocycles. The Morgan fingerprint density at radius 2 is 1.00 bits per heavy atom. The summed E-state index contributed by atoms with van der Waals surface area (Å²) in [5, 5.41) is 0. The second kappa shape index (κ2) is 36.1. The van der Waals surface area contributed by atoms with E-state index in [0.717, 1.165) is 0 Å². The van der Waals surface area contributed by atoms with Crippen molar-refractivity contribution in [2.24, 2.45) is 0 Å². The monoisotopic (exact) mass is 1020 g/mol. The quantitative estimate of drug-likeness (QED) is 0.321. The minimum atomic E-state index is 0. The van der Waals surface area contributed by atoms with E-state index >= 15 is 0 Å². The zero-order valence-electron chi connectivity index (χ0n) is 3.29. The predicted molar refractivity (Wildman–Crippen MR) is 0 cm³/mol. The molecule has 0 heterocycles. The number of hydrogen-bond donors (Lipinski definition) is 0. The summed E-state index contributed by atoms with van der Waals surface area (Å²) in [4.78, 5) is 0. The summed E-state index contributed by atoms with van der Waals surface area (Å²) in [6, 6.07) is 0. The molecule has 0 nitrogen and oxygen atoms in total. The van der Waals surface area contributed by atoms with E-state index in [1.807, 2.05) is 0 Å². The molecule has 7 heavy (non-hydrogen) atoms. The van der Waals surface area contributed by atoms with Gasteiger partial charge in [-0.3, -0.25) is 0 Å². The van der Waals surface area contributed by atoms with Crippen LogP contribution >= 0.6 is 0 Å². The van der Waals surface area contributed by atoms with Crippen LogP contribution in [0.1, 0.15) is 0 Å². The molecule has 0 N–H and O–H groups in total. The first kappa shape index (κ1) is 43.9. The van der Waals surface area contributed by atoms with E-state index in [9.17, 15) is 0 Å². The fourth-order valence-electron chi connectivity index (χ4n) is 0. The van der Waals surface area contributed by atoms with Crippen LogP contribution in [0.4, 0.5) is 0 Å². The van der Waals surface area contributed by atoms with Gasteiger partial charge in [0.1, 0.15) is 0 Å². The van der Waals surface area contributed by atoms with Gasteiger partial charge in [0.05, 0.1) is 0 Å². The molecule has 0 amide bonds. The molecule has 0 rings (SSSR count). The van der Waals surface area contributed by atoms with Gasteiger partial charge in [-0.25, -0.2) is 0 Å². The molecule has 0 fully saturated rings. The van der Waals surface area contributed by atoms with Crippen molar-refractivity contribution >= 4 is 0 Å². The Hall–Kier alpha value is 9.53. The Bertz CT molecular complexity index is 19.7. The standard InChI is InChI=1S/Ce.Eu.Gd.La.Nd.Pr.Sm. The van der Waals surface area contributed by atoms with Gasteiger partial charge in [-0.1, -0.05) is 0 Å². The molecule has 0 spiro atoms. The van der Waals surface area contributed by atoms with Crippen molar-refractivity contribution in [1.29, 1.82) is 0 Å². The van der Waals surface area contributed by atoms with Crippen molar-refractivity contribution in [3.05, 3.63) is 0 Å². The van der Waals surface area contributed by atoms with E-state index in [1.165, 1.54) is 0 Å². The van der Waals surface area contributed by atoms with Gasteiger partial charge in [0.15, 0.2) is 0 Å². The molecule has 0 saturated carbocycles. The fraction of sp³-hybridized carbons (Fsp3) is 0. The van der Waals surface area contributed by atoms with Crippen molar-refractivity contribution < 1.29 is 289 Å². The molecule has 0 aliphatic heterocycles. The van der Waals surface area contributed by atoms with Crippen LogP contribution in [-0.2, 0) is 0 Å². The number of hydrogen-bond acceptors (Lipinski definition) is 0. The summed E-state index contributed by atoms with van der Waals surface area (Å²) in [5.41, 5.74) is 0. The van der Waals surface area contributed by atoms with Crippen LogP contribution in [0.2, 0.25) is 0 Å². The Balaban J connectivity index is 0. The smallest absolute Gasteiger partial charge is 0 e. The van der Waals surface area contributed by atoms with Gasteiger partial charge in [0.25, 0.3) is 0 Å². The molecular formula is CeEuGdLaNdPrSm. The van der Waals surface area contributed by atoms with E-state index in [2.05, 4.69) is 0 Å². The minimum Gasteiger partial charge on any atom is 0 e. The van der Waals surface area contributed by atoms with E-state index in [0.29, 0.717) is 0 Å². The zero-order chi connectivity index (χ0) is 0. The first-order valence-electron chi connectivity index (χ1n) is 0. The van der Waals surface area contributed by atoms with Crippen molar-refractivity contribution in [3.8, 4) is 0 Å². The first-order chi connectivity index (χ1) is 0. The van der Waals surface area contributed by atoms with Gasteiger partial charge in [-0.05, 0) is 0 Å². The van der Waals surface area contributed by atoms with Crippen molar-refractivity contribution in [2.75, 3.05) is 0 Å². The van der Waals surface area contributed by atoms with Gasteiger partial charge in [0.2, 0.25) is 0 Å². The van der Waals surface area contributed by atoms with Gasteiger partial charge in [-0.15, -0.1) is 0 Å². The molecule has 0 aliphatic rings. The van der Waals surface area contributed by atoms with Gasteiger partial charge in [-0.2, -0.15) is 0 Å². The van der Waals surface area contributed by atoms with Gasteiger partial charge < -0.3 is 0 Å². The summed E-state index contributed by atoms with van der Waals surface area (Å²) < 4.78 is 0. The number of rotatable bonds is 0. The van der Waals surface area contributed by atoms with Crippen LogP contribution in [-0.4, -0.2) is 0 Å². The van der Waals surface area contributed by atoms with Crippen LogP contribution in [0.5, 0.6) is 0 Å². The topological polar surface area (TPSA) is 0 Å². The van der Waals surface area contributed by atoms with Crippen molar-refractivity contribution in [3.63, 3.8) is 0 Å². The maximum atomic E-state index is 0. The molecule has 0 aromatic carbocycles. The Labute approximate surface area is 278 Å². The van der Waals surface area contributed by atoms with Crippen LogP contribution in [0.15, 0.2) is 0 Å². The second-order valence-corrected chi connectivity index (χ2v) is 0. The average molecular weight is 1020 g/mol. The van der Waals surface area contributed by atoms with E-state index < -0.39 is 0 Å². The van der Waals surface area contributed by atoms with Gasteiger partial charge in [0, 0.05) is 289 Å². The fourth-order valence-corrected chi connectivity index (χ4v) is 0. The molecule has 0 bridgehead atoms. The Kier molecular flexibility index (Phi) is 226. The predicted octanol–water partition coefficient (Wildman–Crippen LogP) is 0. The second-order valence-electron chi connectivity index (χ2n) is 0. The molecule has 0 unspecified atom stereocenters. The molecule has 7 heteroatoms. The maximum Gasteiger partial charge on any atom is 0 e. The molecule has 0 atom stereocenters. The Morgan fingerprint density at radius 3 is 1.00 bits per heavy atom. The maximum absolute atomic E-state index is 0. The SMILES string of the molecule is [Ce].[Eu].[Gd].[La].[Nd].[Pr].[Sm]. The van der Waals surface area contributed by atoms with Gasteiger partial charge >= 0.3 is 0 Å². The molecule has 3 radical (unpaired) electrons. The average Bonchev–Trinajstić information content (AvgIpc) is 0. The largest absolute Gasteiger partial charge is 0 e. The van der Waals surface area contributed by atoms with Crippen molar-refractivity contribution in [1.82, 2.24) is 0 Å². The molecule has 0 aromatic rings. The molecular weight excluding hydrogens is 1020 g/mol. The third kappa shape index (κ3) is 31.3. The molecule has 0 saturated heterocycles. The molecule has 35 valence electrons. The normalized spacial score (nSPS) is 0. The third-order valence-corrected chi connectivity index (χ3v) is 0.